The fraction of sp³-hybridized carbons (Fsp3) is 0.667. The minimum absolute atomic E-state index is 0.149. The van der Waals surface area contributed by atoms with E-state index in [0.29, 0.717) is 0 Å². The summed E-state index contributed by atoms with van der Waals surface area (Å²) in [6.45, 7) is -0.149. The van der Waals surface area contributed by atoms with E-state index < -0.39 is 14.9 Å². The van der Waals surface area contributed by atoms with E-state index in [1.807, 2.05) is 0 Å². The lowest BCUT2D eigenvalue weighted by atomic mass is 9.67. The molecular weight excluding hydrogens is 175 g/mol. The molecule has 0 heterocycles. The Morgan fingerprint density at radius 1 is 2.00 bits per heavy atom. The molecule has 9 heteroatoms. The van der Waals surface area contributed by atoms with Crippen LogP contribution in [0, 0.1) is 0 Å². The zero-order chi connectivity index (χ0) is 10.3. The van der Waals surface area contributed by atoms with Crippen molar-refractivity contribution in [1.29, 1.82) is 0 Å². The fourth-order valence-corrected chi connectivity index (χ4v) is 1.04. The Morgan fingerprint density at radius 3 is 3.08 bits per heavy atom. The van der Waals surface area contributed by atoms with Crippen LogP contribution < -0.4 is 5.32 Å². The van der Waals surface area contributed by atoms with Crippen LogP contribution in [0.5, 0.6) is 0 Å². The second-order valence-corrected chi connectivity index (χ2v) is 3.19. The van der Waals surface area contributed by atoms with E-state index in [9.17, 15) is 4.79 Å². The third kappa shape index (κ3) is 4.77. The van der Waals surface area contributed by atoms with E-state index in [-0.39, 0.29) is 6.73 Å². The molecule has 0 aromatic rings. The van der Waals surface area contributed by atoms with Crippen molar-refractivity contribution >= 4 is 38.0 Å². The van der Waals surface area contributed by atoms with Crippen LogP contribution in [0.4, 0.5) is 0 Å². The number of rotatable bonds is 6. The highest BCUT2D eigenvalue weighted by Gasteiger charge is 2.12. The maximum Gasteiger partial charge on any atom is 0.293 e. The Labute approximate surface area is 77.6 Å². The van der Waals surface area contributed by atoms with Crippen molar-refractivity contribution in [2.75, 3.05) is 13.8 Å². The molecule has 0 aliphatic heterocycles. The first-order chi connectivity index (χ1) is 6.11. The smallest absolute Gasteiger partial charge is 0.293 e. The third-order valence-corrected chi connectivity index (χ3v) is 2.06. The molecule has 0 aliphatic carbocycles. The van der Waals surface area contributed by atoms with Gasteiger partial charge in [0.1, 0.15) is 8.10 Å². The van der Waals surface area contributed by atoms with Gasteiger partial charge in [0.05, 0.1) is 0 Å². The number of carbonyl (C=O) groups is 1. The van der Waals surface area contributed by atoms with Crippen LogP contribution in [-0.2, 0) is 13.8 Å². The van der Waals surface area contributed by atoms with E-state index in [4.69, 9.17) is 21.7 Å². The van der Waals surface area contributed by atoms with Gasteiger partial charge in [0.15, 0.2) is 7.31 Å². The molecule has 0 saturated carbocycles. The molecule has 0 rings (SSSR count). The molecule has 0 aliphatic rings. The molecule has 1 amide bonds. The summed E-state index contributed by atoms with van der Waals surface area (Å²) in [6.07, 6.45) is -0.939. The van der Waals surface area contributed by atoms with Crippen molar-refractivity contribution < 1.29 is 15.1 Å². The molecule has 12 heavy (non-hydrogen) atoms. The lowest BCUT2D eigenvalue weighted by Gasteiger charge is -2.23. The molecular formula is C3H7B3N2O3P. The van der Waals surface area contributed by atoms with Gasteiger partial charge in [-0.05, 0) is 7.05 Å². The van der Waals surface area contributed by atoms with Crippen LogP contribution in [0.1, 0.15) is 1.37 Å². The van der Waals surface area contributed by atoms with Crippen molar-refractivity contribution in [3.05, 3.63) is 0 Å². The summed E-state index contributed by atoms with van der Waals surface area (Å²) in [5, 5.41) is 2.09. The highest BCUT2D eigenvalue weighted by Crippen LogP contribution is 2.38. The number of amides is 1. The standard InChI is InChI=1S/C3H7B3N2O3P/c1-8(6-4)12(11-5)10-3-7-2-9/h2H,3H2,1H3,(H,7,9)/i2D. The Morgan fingerprint density at radius 2 is 2.67 bits per heavy atom. The second kappa shape index (κ2) is 7.61. The molecule has 0 spiro atoms. The average Bonchev–Trinajstić information content (AvgIpc) is 2.11. The van der Waals surface area contributed by atoms with Gasteiger partial charge in [-0.1, -0.05) is 0 Å². The van der Waals surface area contributed by atoms with E-state index in [0.717, 1.165) is 0 Å². The van der Waals surface area contributed by atoms with Gasteiger partial charge in [0, 0.05) is 7.74 Å². The van der Waals surface area contributed by atoms with E-state index in [1.165, 1.54) is 11.9 Å². The van der Waals surface area contributed by atoms with Gasteiger partial charge in [-0.2, -0.15) is 0 Å². The summed E-state index contributed by atoms with van der Waals surface area (Å²) in [4.78, 5) is 10.1. The minimum Gasteiger partial charge on any atom is -0.397 e. The molecule has 1 unspecified atom stereocenters. The van der Waals surface area contributed by atoms with Gasteiger partial charge >= 0.3 is 0 Å². The second-order valence-electron chi connectivity index (χ2n) is 1.62. The van der Waals surface area contributed by atoms with Crippen molar-refractivity contribution in [1.82, 2.24) is 9.90 Å². The fourth-order valence-electron chi connectivity index (χ4n) is 0.367. The van der Waals surface area contributed by atoms with Crippen LogP contribution in [0.15, 0.2) is 0 Å². The summed E-state index contributed by atoms with van der Waals surface area (Å²) < 4.78 is 17.3. The van der Waals surface area contributed by atoms with Gasteiger partial charge < -0.3 is 14.3 Å². The summed E-state index contributed by atoms with van der Waals surface area (Å²) in [7, 11) is 11.4. The zero-order valence-corrected chi connectivity index (χ0v) is 7.45. The lowest BCUT2D eigenvalue weighted by Crippen LogP contribution is -2.22. The first-order valence-electron chi connectivity index (χ1n) is 3.44. The van der Waals surface area contributed by atoms with Crippen LogP contribution in [0.2, 0.25) is 0 Å². The van der Waals surface area contributed by atoms with Crippen molar-refractivity contribution in [3.8, 4) is 0 Å². The van der Waals surface area contributed by atoms with Crippen LogP contribution in [0.25, 0.3) is 0 Å². The largest absolute Gasteiger partial charge is 0.397 e. The molecule has 0 aromatic carbocycles. The van der Waals surface area contributed by atoms with Gasteiger partial charge in [-0.3, -0.25) is 9.38 Å². The molecule has 61 valence electrons. The van der Waals surface area contributed by atoms with Crippen molar-refractivity contribution in [2.45, 2.75) is 0 Å². The van der Waals surface area contributed by atoms with E-state index >= 15 is 0 Å². The normalized spacial score (nSPS) is 13.7. The van der Waals surface area contributed by atoms with Crippen molar-refractivity contribution in [3.63, 3.8) is 0 Å². The number of nitrogens with zero attached hydrogens (tertiary/aromatic N) is 1. The molecule has 0 aromatic heterocycles. The predicted octanol–water partition coefficient (Wildman–Crippen LogP) is -1.33. The van der Waals surface area contributed by atoms with Crippen molar-refractivity contribution in [2.24, 2.45) is 0 Å². The maximum atomic E-state index is 10.1. The molecule has 0 bridgehead atoms. The first-order valence-corrected chi connectivity index (χ1v) is 4.07. The number of nitrogens with one attached hydrogen (secondary N) is 1. The molecule has 5 nitrogen and oxygen atoms in total. The summed E-state index contributed by atoms with van der Waals surface area (Å²) in [6, 6.07) is 0. The molecule has 0 saturated heterocycles. The summed E-state index contributed by atoms with van der Waals surface area (Å²) in [5.74, 6) is 0. The summed E-state index contributed by atoms with van der Waals surface area (Å²) >= 11 is 0. The number of carbonyl (C=O) groups excluding carboxylic acids is 1. The minimum atomic E-state index is -1.52. The van der Waals surface area contributed by atoms with Crippen LogP contribution >= 0.6 is 8.53 Å². The van der Waals surface area contributed by atoms with Gasteiger partial charge in [0.25, 0.3) is 8.05 Å². The Kier molecular flexibility index (Phi) is 6.38. The Bertz CT molecular complexity index is 167. The quantitative estimate of drug-likeness (QED) is 0.240. The molecule has 1 atom stereocenters. The van der Waals surface area contributed by atoms with Gasteiger partial charge in [-0.25, -0.2) is 0 Å². The highest BCUT2D eigenvalue weighted by molar-refractivity contribution is 7.48. The zero-order valence-electron chi connectivity index (χ0n) is 7.56. The first kappa shape index (κ1) is 10.1. The summed E-state index contributed by atoms with van der Waals surface area (Å²) in [5.41, 5.74) is 0. The predicted molar refractivity (Wildman–Crippen MR) is 48.2 cm³/mol. The van der Waals surface area contributed by atoms with E-state index in [1.54, 1.807) is 7.05 Å². The lowest BCUT2D eigenvalue weighted by molar-refractivity contribution is -0.110. The average molecular weight is 184 g/mol. The van der Waals surface area contributed by atoms with Crippen LogP contribution in [-0.4, -0.2) is 47.8 Å². The van der Waals surface area contributed by atoms with Crippen LogP contribution in [0.3, 0.4) is 0 Å². The molecule has 5 radical (unpaired) electrons. The Hall–Kier alpha value is -0.0252. The third-order valence-electron chi connectivity index (χ3n) is 0.883. The highest BCUT2D eigenvalue weighted by atomic mass is 31.2. The van der Waals surface area contributed by atoms with Gasteiger partial charge in [-0.15, -0.1) is 0 Å². The Balaban J connectivity index is 3.65. The number of hydrogen-bond donors (Lipinski definition) is 1. The number of hydrogen-bond acceptors (Lipinski definition) is 4. The van der Waals surface area contributed by atoms with Gasteiger partial charge in [0.2, 0.25) is 14.9 Å². The SMILES string of the molecule is [2H]C(=O)NCOP(O[B])N(C)[B][B]. The maximum absolute atomic E-state index is 10.1. The topological polar surface area (TPSA) is 50.8 Å². The molecule has 1 N–H and O–H groups in total. The van der Waals surface area contributed by atoms with E-state index in [2.05, 4.69) is 9.76 Å². The monoisotopic (exact) mass is 184 g/mol. The molecule has 0 fully saturated rings.